The van der Waals surface area contributed by atoms with Gasteiger partial charge in [0.2, 0.25) is 5.91 Å². The molecular weight excluding hydrogens is 381 g/mol. The average molecular weight is 397 g/mol. The first kappa shape index (κ1) is 18.1. The van der Waals surface area contributed by atoms with Crippen molar-refractivity contribution in [2.45, 2.75) is 12.8 Å². The Balaban J connectivity index is 1.33. The molecule has 2 aromatic carbocycles. The number of carbonyl (C=O) groups excluding carboxylic acids is 1. The van der Waals surface area contributed by atoms with Gasteiger partial charge in [-0.15, -0.1) is 11.3 Å². The molecule has 0 fully saturated rings. The Labute approximate surface area is 163 Å². The molecule has 0 aliphatic carbocycles. The lowest BCUT2D eigenvalue weighted by molar-refractivity contribution is -0.120. The zero-order valence-corrected chi connectivity index (χ0v) is 15.5. The molecule has 28 heavy (non-hydrogen) atoms. The molecule has 0 unspecified atom stereocenters. The molecule has 0 bridgehead atoms. The van der Waals surface area contributed by atoms with Crippen LogP contribution in [0.15, 0.2) is 57.1 Å². The van der Waals surface area contributed by atoms with Crippen molar-refractivity contribution < 1.29 is 13.6 Å². The number of aromatic nitrogens is 2. The third kappa shape index (κ3) is 4.17. The fourth-order valence-electron chi connectivity index (χ4n) is 2.82. The van der Waals surface area contributed by atoms with Crippen LogP contribution in [0, 0.1) is 5.82 Å². The van der Waals surface area contributed by atoms with E-state index in [1.807, 2.05) is 11.4 Å². The van der Waals surface area contributed by atoms with Gasteiger partial charge in [-0.05, 0) is 29.8 Å². The second-order valence-corrected chi connectivity index (χ2v) is 7.20. The van der Waals surface area contributed by atoms with E-state index in [0.717, 1.165) is 21.8 Å². The number of aromatic amines is 1. The number of thiazole rings is 1. The average Bonchev–Trinajstić information content (AvgIpc) is 3.28. The van der Waals surface area contributed by atoms with Crippen LogP contribution in [-0.4, -0.2) is 22.4 Å². The Kier molecular flexibility index (Phi) is 5.03. The maximum absolute atomic E-state index is 12.9. The number of rotatable bonds is 6. The summed E-state index contributed by atoms with van der Waals surface area (Å²) in [6.07, 6.45) is 0.826. The third-order valence-electron chi connectivity index (χ3n) is 4.21. The Bertz CT molecular complexity index is 1180. The molecular formula is C20H16FN3O3S. The number of fused-ring (bicyclic) bond motifs is 1. The number of H-pyrrole nitrogens is 1. The number of hydrogen-bond acceptors (Lipinski definition) is 5. The number of amides is 1. The van der Waals surface area contributed by atoms with Crippen molar-refractivity contribution in [3.05, 3.63) is 74.8 Å². The Morgan fingerprint density at radius 1 is 1.21 bits per heavy atom. The van der Waals surface area contributed by atoms with Gasteiger partial charge in [-0.25, -0.2) is 14.2 Å². The number of nitrogens with zero attached hydrogens (tertiary/aromatic N) is 1. The van der Waals surface area contributed by atoms with E-state index in [4.69, 9.17) is 4.42 Å². The van der Waals surface area contributed by atoms with Gasteiger partial charge in [0.25, 0.3) is 0 Å². The summed E-state index contributed by atoms with van der Waals surface area (Å²) < 4.78 is 18.0. The van der Waals surface area contributed by atoms with Crippen LogP contribution in [0.3, 0.4) is 0 Å². The highest BCUT2D eigenvalue weighted by molar-refractivity contribution is 7.09. The second kappa shape index (κ2) is 7.77. The van der Waals surface area contributed by atoms with E-state index in [0.29, 0.717) is 24.1 Å². The van der Waals surface area contributed by atoms with Crippen molar-refractivity contribution in [1.29, 1.82) is 0 Å². The molecule has 0 aliphatic rings. The van der Waals surface area contributed by atoms with Gasteiger partial charge in [-0.1, -0.05) is 18.2 Å². The number of benzene rings is 2. The van der Waals surface area contributed by atoms with Gasteiger partial charge in [0.1, 0.15) is 5.82 Å². The van der Waals surface area contributed by atoms with E-state index in [1.54, 1.807) is 24.3 Å². The Hall–Kier alpha value is -3.26. The summed E-state index contributed by atoms with van der Waals surface area (Å²) in [5.74, 6) is -0.916. The van der Waals surface area contributed by atoms with Gasteiger partial charge in [-0.3, -0.25) is 9.78 Å². The maximum atomic E-state index is 12.9. The van der Waals surface area contributed by atoms with Gasteiger partial charge in [0.05, 0.1) is 22.6 Å². The maximum Gasteiger partial charge on any atom is 0.417 e. The second-order valence-electron chi connectivity index (χ2n) is 6.26. The number of hydrogen-bond donors (Lipinski definition) is 2. The quantitative estimate of drug-likeness (QED) is 0.523. The standard InChI is InChI=1S/C20H16FN3O3S/c21-14-4-1-12(2-5-14)9-18(25)22-8-7-19-23-16(11-28-19)13-3-6-15-17(10-13)27-20(26)24-15/h1-6,10-11H,7-9H2,(H,22,25)(H,24,26). The summed E-state index contributed by atoms with van der Waals surface area (Å²) >= 11 is 1.51. The van der Waals surface area contributed by atoms with Crippen LogP contribution in [0.25, 0.3) is 22.4 Å². The van der Waals surface area contributed by atoms with Gasteiger partial charge in [0, 0.05) is 23.9 Å². The molecule has 0 saturated heterocycles. The van der Waals surface area contributed by atoms with Crippen LogP contribution in [-0.2, 0) is 17.6 Å². The van der Waals surface area contributed by atoms with E-state index in [2.05, 4.69) is 15.3 Å². The minimum atomic E-state index is -0.484. The Morgan fingerprint density at radius 3 is 2.86 bits per heavy atom. The monoisotopic (exact) mass is 397 g/mol. The zero-order valence-electron chi connectivity index (χ0n) is 14.7. The number of halogens is 1. The molecule has 0 radical (unpaired) electrons. The van der Waals surface area contributed by atoms with E-state index >= 15 is 0 Å². The molecule has 0 atom stereocenters. The summed E-state index contributed by atoms with van der Waals surface area (Å²) in [7, 11) is 0. The lowest BCUT2D eigenvalue weighted by Crippen LogP contribution is -2.27. The van der Waals surface area contributed by atoms with E-state index in [9.17, 15) is 14.0 Å². The molecule has 1 amide bonds. The lowest BCUT2D eigenvalue weighted by atomic mass is 10.1. The fourth-order valence-corrected chi connectivity index (χ4v) is 3.63. The summed E-state index contributed by atoms with van der Waals surface area (Å²) in [6.45, 7) is 0.471. The van der Waals surface area contributed by atoms with Crippen molar-refractivity contribution in [3.63, 3.8) is 0 Å². The summed E-state index contributed by atoms with van der Waals surface area (Å²) in [5, 5.41) is 5.68. The van der Waals surface area contributed by atoms with Gasteiger partial charge in [-0.2, -0.15) is 0 Å². The molecule has 0 aliphatic heterocycles. The minimum Gasteiger partial charge on any atom is -0.408 e. The van der Waals surface area contributed by atoms with Crippen molar-refractivity contribution in [1.82, 2.24) is 15.3 Å². The first-order valence-electron chi connectivity index (χ1n) is 8.65. The normalized spacial score (nSPS) is 11.0. The highest BCUT2D eigenvalue weighted by Gasteiger charge is 2.09. The van der Waals surface area contributed by atoms with Crippen LogP contribution in [0.1, 0.15) is 10.6 Å². The minimum absolute atomic E-state index is 0.115. The van der Waals surface area contributed by atoms with E-state index < -0.39 is 5.76 Å². The molecule has 0 saturated carbocycles. The molecule has 2 aromatic heterocycles. The Morgan fingerprint density at radius 2 is 2.04 bits per heavy atom. The lowest BCUT2D eigenvalue weighted by Gasteiger charge is -2.04. The summed E-state index contributed by atoms with van der Waals surface area (Å²) in [6, 6.07) is 11.3. The highest BCUT2D eigenvalue weighted by atomic mass is 32.1. The zero-order chi connectivity index (χ0) is 19.5. The molecule has 142 valence electrons. The van der Waals surface area contributed by atoms with Crippen molar-refractivity contribution in [2.75, 3.05) is 6.54 Å². The predicted molar refractivity (Wildman–Crippen MR) is 105 cm³/mol. The van der Waals surface area contributed by atoms with Gasteiger partial charge >= 0.3 is 5.76 Å². The number of carbonyl (C=O) groups is 1. The van der Waals surface area contributed by atoms with Crippen LogP contribution in [0.4, 0.5) is 4.39 Å². The third-order valence-corrected chi connectivity index (χ3v) is 5.12. The number of oxazole rings is 1. The van der Waals surface area contributed by atoms with Crippen LogP contribution in [0.5, 0.6) is 0 Å². The number of nitrogens with one attached hydrogen (secondary N) is 2. The first-order chi connectivity index (χ1) is 13.6. The van der Waals surface area contributed by atoms with Crippen LogP contribution >= 0.6 is 11.3 Å². The molecule has 2 heterocycles. The summed E-state index contributed by atoms with van der Waals surface area (Å²) in [4.78, 5) is 30.4. The predicted octanol–water partition coefficient (Wildman–Crippen LogP) is 3.29. The first-order valence-corrected chi connectivity index (χ1v) is 9.53. The molecule has 6 nitrogen and oxygen atoms in total. The van der Waals surface area contributed by atoms with E-state index in [1.165, 1.54) is 23.5 Å². The van der Waals surface area contributed by atoms with Gasteiger partial charge < -0.3 is 9.73 Å². The van der Waals surface area contributed by atoms with Crippen molar-refractivity contribution in [3.8, 4) is 11.3 Å². The fraction of sp³-hybridized carbons (Fsp3) is 0.150. The van der Waals surface area contributed by atoms with Crippen LogP contribution in [0.2, 0.25) is 0 Å². The molecule has 0 spiro atoms. The molecule has 8 heteroatoms. The highest BCUT2D eigenvalue weighted by Crippen LogP contribution is 2.25. The molecule has 4 rings (SSSR count). The SMILES string of the molecule is O=C(Cc1ccc(F)cc1)NCCc1nc(-c2ccc3[nH]c(=O)oc3c2)cs1. The van der Waals surface area contributed by atoms with E-state index in [-0.39, 0.29) is 18.1 Å². The smallest absolute Gasteiger partial charge is 0.408 e. The van der Waals surface area contributed by atoms with Crippen molar-refractivity contribution in [2.24, 2.45) is 0 Å². The van der Waals surface area contributed by atoms with Crippen molar-refractivity contribution >= 4 is 28.3 Å². The molecule has 2 N–H and O–H groups in total. The van der Waals surface area contributed by atoms with Crippen LogP contribution < -0.4 is 11.1 Å². The largest absolute Gasteiger partial charge is 0.417 e. The van der Waals surface area contributed by atoms with Gasteiger partial charge in [0.15, 0.2) is 5.58 Å². The topological polar surface area (TPSA) is 88.0 Å². The summed E-state index contributed by atoms with van der Waals surface area (Å²) in [5.41, 5.74) is 3.56. The molecule has 4 aromatic rings.